The highest BCUT2D eigenvalue weighted by molar-refractivity contribution is 7.99. The Morgan fingerprint density at radius 2 is 2.18 bits per heavy atom. The molecule has 5 nitrogen and oxygen atoms in total. The fraction of sp³-hybridized carbons (Fsp3) is 0.364. The summed E-state index contributed by atoms with van der Waals surface area (Å²) in [5, 5.41) is 5.19. The van der Waals surface area contributed by atoms with E-state index in [2.05, 4.69) is 15.1 Å². The fourth-order valence-electron chi connectivity index (χ4n) is 1.54. The van der Waals surface area contributed by atoms with E-state index in [1.165, 1.54) is 0 Å². The van der Waals surface area contributed by atoms with Gasteiger partial charge in [-0.2, -0.15) is 5.10 Å². The second-order valence-corrected chi connectivity index (χ2v) is 5.05. The average Bonchev–Trinajstić information content (AvgIpc) is 2.73. The minimum atomic E-state index is 0.0196. The number of aromatic nitrogens is 4. The predicted octanol–water partition coefficient (Wildman–Crippen LogP) is 1.39. The number of nitrogens with zero attached hydrogens (tertiary/aromatic N) is 4. The van der Waals surface area contributed by atoms with Gasteiger partial charge < -0.3 is 5.73 Å². The molecule has 90 valence electrons. The standard InChI is InChI=1S/C11H15N5S/c1-8(12)11(9-5-15-16(2)7-9)17-10-6-13-3-4-14-10/h3-8,11H,12H2,1-2H3. The third-order valence-corrected chi connectivity index (χ3v) is 3.73. The summed E-state index contributed by atoms with van der Waals surface area (Å²) >= 11 is 1.61. The Morgan fingerprint density at radius 1 is 1.35 bits per heavy atom. The number of hydrogen-bond acceptors (Lipinski definition) is 5. The molecule has 2 atom stereocenters. The molecule has 0 bridgehead atoms. The second-order valence-electron chi connectivity index (χ2n) is 3.89. The van der Waals surface area contributed by atoms with Crippen LogP contribution in [0.4, 0.5) is 0 Å². The highest BCUT2D eigenvalue weighted by Gasteiger charge is 2.19. The summed E-state index contributed by atoms with van der Waals surface area (Å²) in [4.78, 5) is 8.30. The lowest BCUT2D eigenvalue weighted by molar-refractivity contribution is 0.717. The predicted molar refractivity (Wildman–Crippen MR) is 67.5 cm³/mol. The van der Waals surface area contributed by atoms with Crippen molar-refractivity contribution in [1.82, 2.24) is 19.7 Å². The highest BCUT2D eigenvalue weighted by atomic mass is 32.2. The molecule has 17 heavy (non-hydrogen) atoms. The first-order valence-corrected chi connectivity index (χ1v) is 6.21. The first-order chi connectivity index (χ1) is 8.16. The topological polar surface area (TPSA) is 69.6 Å². The number of hydrogen-bond donors (Lipinski definition) is 1. The SMILES string of the molecule is CC(N)C(Sc1cnccn1)c1cnn(C)c1. The maximum atomic E-state index is 6.02. The van der Waals surface area contributed by atoms with Crippen LogP contribution in [0.5, 0.6) is 0 Å². The van der Waals surface area contributed by atoms with Crippen LogP contribution >= 0.6 is 11.8 Å². The zero-order valence-electron chi connectivity index (χ0n) is 9.82. The van der Waals surface area contributed by atoms with Gasteiger partial charge in [-0.25, -0.2) is 4.98 Å². The van der Waals surface area contributed by atoms with Crippen LogP contribution in [0.25, 0.3) is 0 Å². The lowest BCUT2D eigenvalue weighted by Crippen LogP contribution is -2.22. The molecule has 0 saturated heterocycles. The summed E-state index contributed by atoms with van der Waals surface area (Å²) < 4.78 is 1.78. The summed E-state index contributed by atoms with van der Waals surface area (Å²) in [7, 11) is 1.90. The summed E-state index contributed by atoms with van der Waals surface area (Å²) in [5.41, 5.74) is 7.13. The van der Waals surface area contributed by atoms with Gasteiger partial charge in [-0.3, -0.25) is 9.67 Å². The minimum Gasteiger partial charge on any atom is -0.327 e. The lowest BCUT2D eigenvalue weighted by atomic mass is 10.1. The second kappa shape index (κ2) is 5.29. The lowest BCUT2D eigenvalue weighted by Gasteiger charge is -2.17. The third kappa shape index (κ3) is 3.04. The van der Waals surface area contributed by atoms with Crippen molar-refractivity contribution in [3.05, 3.63) is 36.5 Å². The molecule has 2 aromatic rings. The quantitative estimate of drug-likeness (QED) is 0.829. The van der Waals surface area contributed by atoms with Gasteiger partial charge in [0.05, 0.1) is 17.6 Å². The molecule has 2 aromatic heterocycles. The van der Waals surface area contributed by atoms with Crippen molar-refractivity contribution in [2.24, 2.45) is 12.8 Å². The van der Waals surface area contributed by atoms with E-state index in [0.29, 0.717) is 0 Å². The monoisotopic (exact) mass is 249 g/mol. The molecule has 2 unspecified atom stereocenters. The van der Waals surface area contributed by atoms with Crippen molar-refractivity contribution in [2.75, 3.05) is 0 Å². The van der Waals surface area contributed by atoms with Crippen LogP contribution in [0.15, 0.2) is 36.0 Å². The third-order valence-electron chi connectivity index (χ3n) is 2.32. The summed E-state index contributed by atoms with van der Waals surface area (Å²) in [6.07, 6.45) is 8.92. The molecular weight excluding hydrogens is 234 g/mol. The summed E-state index contributed by atoms with van der Waals surface area (Å²) in [6.45, 7) is 1.99. The minimum absolute atomic E-state index is 0.0196. The summed E-state index contributed by atoms with van der Waals surface area (Å²) in [6, 6.07) is 0.0196. The Morgan fingerprint density at radius 3 is 2.71 bits per heavy atom. The van der Waals surface area contributed by atoms with E-state index < -0.39 is 0 Å². The van der Waals surface area contributed by atoms with E-state index in [1.807, 2.05) is 26.4 Å². The number of rotatable bonds is 4. The van der Waals surface area contributed by atoms with Crippen LogP contribution in [0.1, 0.15) is 17.7 Å². The zero-order valence-corrected chi connectivity index (χ0v) is 10.6. The molecule has 6 heteroatoms. The van der Waals surface area contributed by atoms with Crippen molar-refractivity contribution >= 4 is 11.8 Å². The van der Waals surface area contributed by atoms with E-state index in [-0.39, 0.29) is 11.3 Å². The van der Waals surface area contributed by atoms with Crippen molar-refractivity contribution in [2.45, 2.75) is 23.2 Å². The maximum absolute atomic E-state index is 6.02. The van der Waals surface area contributed by atoms with Gasteiger partial charge in [0.25, 0.3) is 0 Å². The van der Waals surface area contributed by atoms with Crippen molar-refractivity contribution in [3.8, 4) is 0 Å². The maximum Gasteiger partial charge on any atom is 0.115 e. The largest absolute Gasteiger partial charge is 0.327 e. The van der Waals surface area contributed by atoms with Gasteiger partial charge in [0, 0.05) is 37.2 Å². The zero-order chi connectivity index (χ0) is 12.3. The molecule has 0 aliphatic carbocycles. The van der Waals surface area contributed by atoms with E-state index >= 15 is 0 Å². The Bertz CT molecular complexity index is 468. The molecule has 0 aliphatic rings. The average molecular weight is 249 g/mol. The first-order valence-electron chi connectivity index (χ1n) is 5.33. The van der Waals surface area contributed by atoms with E-state index in [9.17, 15) is 0 Å². The molecule has 2 rings (SSSR count). The van der Waals surface area contributed by atoms with Crippen LogP contribution in [0, 0.1) is 0 Å². The van der Waals surface area contributed by atoms with Crippen LogP contribution in [0.2, 0.25) is 0 Å². The van der Waals surface area contributed by atoms with Crippen LogP contribution < -0.4 is 5.73 Å². The molecule has 0 fully saturated rings. The Labute approximate surface area is 104 Å². The Kier molecular flexibility index (Phi) is 3.75. The van der Waals surface area contributed by atoms with Gasteiger partial charge >= 0.3 is 0 Å². The van der Waals surface area contributed by atoms with Crippen LogP contribution in [-0.4, -0.2) is 25.8 Å². The van der Waals surface area contributed by atoms with Gasteiger partial charge in [0.2, 0.25) is 0 Å². The molecule has 2 heterocycles. The first kappa shape index (κ1) is 12.1. The highest BCUT2D eigenvalue weighted by Crippen LogP contribution is 2.35. The fourth-order valence-corrected chi connectivity index (χ4v) is 2.52. The molecule has 0 aromatic carbocycles. The van der Waals surface area contributed by atoms with Crippen LogP contribution in [0.3, 0.4) is 0 Å². The van der Waals surface area contributed by atoms with Gasteiger partial charge in [-0.1, -0.05) is 11.8 Å². The molecule has 0 saturated carbocycles. The van der Waals surface area contributed by atoms with Crippen molar-refractivity contribution in [3.63, 3.8) is 0 Å². The molecule has 0 spiro atoms. The van der Waals surface area contributed by atoms with Gasteiger partial charge in [0.1, 0.15) is 5.03 Å². The van der Waals surface area contributed by atoms with Crippen LogP contribution in [-0.2, 0) is 7.05 Å². The Hall–Kier alpha value is -1.40. The molecule has 0 aliphatic heterocycles. The van der Waals surface area contributed by atoms with Gasteiger partial charge in [0.15, 0.2) is 0 Å². The summed E-state index contributed by atoms with van der Waals surface area (Å²) in [5.74, 6) is 0. The van der Waals surface area contributed by atoms with E-state index in [4.69, 9.17) is 5.73 Å². The van der Waals surface area contributed by atoms with Crippen molar-refractivity contribution in [1.29, 1.82) is 0 Å². The van der Waals surface area contributed by atoms with Gasteiger partial charge in [-0.05, 0) is 6.92 Å². The molecule has 0 amide bonds. The molecular formula is C11H15N5S. The normalized spacial score (nSPS) is 14.5. The number of thioether (sulfide) groups is 1. The van der Waals surface area contributed by atoms with Crippen molar-refractivity contribution < 1.29 is 0 Å². The molecule has 0 radical (unpaired) electrons. The van der Waals surface area contributed by atoms with E-state index in [0.717, 1.165) is 10.6 Å². The Balaban J connectivity index is 2.19. The van der Waals surface area contributed by atoms with Gasteiger partial charge in [-0.15, -0.1) is 0 Å². The number of aryl methyl sites for hydroxylation is 1. The smallest absolute Gasteiger partial charge is 0.115 e. The number of nitrogens with two attached hydrogens (primary N) is 1. The van der Waals surface area contributed by atoms with E-state index in [1.54, 1.807) is 35.0 Å². The molecule has 2 N–H and O–H groups in total.